The van der Waals surface area contributed by atoms with Crippen molar-refractivity contribution in [1.29, 1.82) is 0 Å². The number of aromatic nitrogens is 5. The van der Waals surface area contributed by atoms with E-state index in [2.05, 4.69) is 32.7 Å². The van der Waals surface area contributed by atoms with Crippen molar-refractivity contribution in [3.8, 4) is 5.69 Å². The van der Waals surface area contributed by atoms with E-state index in [0.29, 0.717) is 18.2 Å². The first-order valence-electron chi connectivity index (χ1n) is 11.1. The molecule has 4 heterocycles. The summed E-state index contributed by atoms with van der Waals surface area (Å²) in [5.74, 6) is -0.147. The topological polar surface area (TPSA) is 115 Å². The van der Waals surface area contributed by atoms with Crippen LogP contribution in [0, 0.1) is 5.41 Å². The second kappa shape index (κ2) is 8.09. The van der Waals surface area contributed by atoms with Crippen LogP contribution in [0.4, 0.5) is 0 Å². The number of ether oxygens (including phenoxy) is 1. The van der Waals surface area contributed by atoms with Crippen LogP contribution < -0.4 is 5.32 Å². The lowest BCUT2D eigenvalue weighted by molar-refractivity contribution is -0.138. The third kappa shape index (κ3) is 3.58. The molecule has 2 aromatic heterocycles. The fourth-order valence-corrected chi connectivity index (χ4v) is 5.14. The zero-order chi connectivity index (χ0) is 22.3. The van der Waals surface area contributed by atoms with Crippen LogP contribution in [0.1, 0.15) is 57.7 Å². The highest BCUT2D eigenvalue weighted by Crippen LogP contribution is 2.46. The summed E-state index contributed by atoms with van der Waals surface area (Å²) in [6.45, 7) is 4.74. The van der Waals surface area contributed by atoms with Crippen molar-refractivity contribution in [2.45, 2.75) is 58.0 Å². The summed E-state index contributed by atoms with van der Waals surface area (Å²) >= 11 is 0. The van der Waals surface area contributed by atoms with Crippen molar-refractivity contribution >= 4 is 11.9 Å². The lowest BCUT2D eigenvalue weighted by atomic mass is 9.71. The maximum atomic E-state index is 13.3. The zero-order valence-corrected chi connectivity index (χ0v) is 18.3. The molecule has 10 nitrogen and oxygen atoms in total. The van der Waals surface area contributed by atoms with E-state index < -0.39 is 0 Å². The number of nitrogens with one attached hydrogen (secondary N) is 1. The van der Waals surface area contributed by atoms with Crippen molar-refractivity contribution in [3.63, 3.8) is 0 Å². The number of tetrazole rings is 1. The summed E-state index contributed by atoms with van der Waals surface area (Å²) in [7, 11) is 0. The Labute approximate surface area is 186 Å². The molecule has 3 aliphatic rings. The third-order valence-corrected chi connectivity index (χ3v) is 7.17. The summed E-state index contributed by atoms with van der Waals surface area (Å²) in [6.07, 6.45) is 7.76. The van der Waals surface area contributed by atoms with Crippen molar-refractivity contribution in [2.24, 2.45) is 5.41 Å². The van der Waals surface area contributed by atoms with Gasteiger partial charge in [-0.3, -0.25) is 9.78 Å². The van der Waals surface area contributed by atoms with Gasteiger partial charge in [-0.2, -0.15) is 4.68 Å². The van der Waals surface area contributed by atoms with E-state index in [4.69, 9.17) is 4.74 Å². The Hall–Kier alpha value is -3.14. The smallest absolute Gasteiger partial charge is 0.336 e. The van der Waals surface area contributed by atoms with Crippen molar-refractivity contribution < 1.29 is 14.3 Å². The van der Waals surface area contributed by atoms with Crippen molar-refractivity contribution in [1.82, 2.24) is 35.4 Å². The minimum Gasteiger partial charge on any atom is -0.456 e. The molecule has 1 atom stereocenters. The normalized spacial score (nSPS) is 26.8. The monoisotopic (exact) mass is 437 g/mol. The van der Waals surface area contributed by atoms with Gasteiger partial charge in [0, 0.05) is 18.6 Å². The molecule has 32 heavy (non-hydrogen) atoms. The summed E-state index contributed by atoms with van der Waals surface area (Å²) in [5.41, 5.74) is 2.79. The number of amides is 1. The second-order valence-corrected chi connectivity index (χ2v) is 8.99. The van der Waals surface area contributed by atoms with Gasteiger partial charge in [0.15, 0.2) is 0 Å². The Bertz CT molecular complexity index is 1040. The molecule has 5 rings (SSSR count). The molecule has 168 valence electrons. The van der Waals surface area contributed by atoms with Gasteiger partial charge in [-0.1, -0.05) is 0 Å². The molecule has 1 saturated heterocycles. The van der Waals surface area contributed by atoms with Gasteiger partial charge in [-0.15, -0.1) is 5.10 Å². The molecule has 0 unspecified atom stereocenters. The molecule has 1 spiro atoms. The average molecular weight is 438 g/mol. The number of esters is 1. The fourth-order valence-electron chi connectivity index (χ4n) is 5.14. The van der Waals surface area contributed by atoms with Crippen LogP contribution in [0.15, 0.2) is 35.9 Å². The number of hydrogen-bond donors (Lipinski definition) is 1. The quantitative estimate of drug-likeness (QED) is 0.703. The van der Waals surface area contributed by atoms with Gasteiger partial charge < -0.3 is 15.0 Å². The van der Waals surface area contributed by atoms with Crippen LogP contribution in [0.3, 0.4) is 0 Å². The second-order valence-electron chi connectivity index (χ2n) is 8.99. The first-order valence-corrected chi connectivity index (χ1v) is 11.1. The summed E-state index contributed by atoms with van der Waals surface area (Å²) in [6, 6.07) is 4.38. The van der Waals surface area contributed by atoms with E-state index in [-0.39, 0.29) is 29.9 Å². The first-order chi connectivity index (χ1) is 15.5. The summed E-state index contributed by atoms with van der Waals surface area (Å²) in [4.78, 5) is 31.4. The lowest BCUT2D eigenvalue weighted by Crippen LogP contribution is -2.42. The van der Waals surface area contributed by atoms with Crippen molar-refractivity contribution in [3.05, 3.63) is 41.6 Å². The maximum Gasteiger partial charge on any atom is 0.336 e. The van der Waals surface area contributed by atoms with E-state index in [9.17, 15) is 9.59 Å². The Kier molecular flexibility index (Phi) is 5.24. The van der Waals surface area contributed by atoms with Gasteiger partial charge in [0.25, 0.3) is 0 Å². The van der Waals surface area contributed by atoms with Crippen LogP contribution in [0.25, 0.3) is 5.69 Å². The van der Waals surface area contributed by atoms with Crippen LogP contribution in [0.5, 0.6) is 0 Å². The number of nitrogens with zero attached hydrogens (tertiary/aromatic N) is 6. The number of carbonyl (C=O) groups excluding carboxylic acids is 2. The molecule has 10 heteroatoms. The average Bonchev–Trinajstić information content (AvgIpc) is 3.53. The lowest BCUT2D eigenvalue weighted by Gasteiger charge is -2.37. The molecule has 2 aliphatic heterocycles. The summed E-state index contributed by atoms with van der Waals surface area (Å²) < 4.78 is 6.68. The Morgan fingerprint density at radius 3 is 2.66 bits per heavy atom. The number of likely N-dealkylation sites (tertiary alicyclic amines) is 1. The molecule has 0 radical (unpaired) electrons. The van der Waals surface area contributed by atoms with E-state index in [1.807, 2.05) is 12.1 Å². The van der Waals surface area contributed by atoms with Crippen LogP contribution in [-0.4, -0.2) is 61.2 Å². The first kappa shape index (κ1) is 20.7. The van der Waals surface area contributed by atoms with Gasteiger partial charge in [-0.25, -0.2) is 4.79 Å². The van der Waals surface area contributed by atoms with Gasteiger partial charge in [0.2, 0.25) is 5.91 Å². The third-order valence-electron chi connectivity index (χ3n) is 7.17. The fraction of sp³-hybridized carbons (Fsp3) is 0.545. The predicted molar refractivity (Wildman–Crippen MR) is 113 cm³/mol. The van der Waals surface area contributed by atoms with Gasteiger partial charge in [-0.05, 0) is 68.5 Å². The Morgan fingerprint density at radius 2 is 2.03 bits per heavy atom. The summed E-state index contributed by atoms with van der Waals surface area (Å²) in [5, 5.41) is 14.8. The number of cyclic esters (lactones) is 1. The highest BCUT2D eigenvalue weighted by atomic mass is 16.5. The molecule has 1 N–H and O–H groups in total. The number of hydrogen-bond acceptors (Lipinski definition) is 8. The molecular weight excluding hydrogens is 410 g/mol. The van der Waals surface area contributed by atoms with Gasteiger partial charge >= 0.3 is 5.97 Å². The van der Waals surface area contributed by atoms with Gasteiger partial charge in [0.1, 0.15) is 12.9 Å². The molecule has 1 saturated carbocycles. The van der Waals surface area contributed by atoms with Crippen LogP contribution in [-0.2, 0) is 14.3 Å². The molecular formula is C22H27N7O3. The number of rotatable bonds is 5. The molecule has 2 fully saturated rings. The van der Waals surface area contributed by atoms with E-state index in [1.165, 1.54) is 6.33 Å². The molecule has 1 aliphatic carbocycles. The number of carbonyl (C=O) groups is 2. The van der Waals surface area contributed by atoms with E-state index >= 15 is 0 Å². The highest BCUT2D eigenvalue weighted by Gasteiger charge is 2.50. The predicted octanol–water partition coefficient (Wildman–Crippen LogP) is 1.70. The molecule has 0 aromatic carbocycles. The number of pyridine rings is 1. The molecule has 2 aromatic rings. The molecule has 0 bridgehead atoms. The van der Waals surface area contributed by atoms with E-state index in [1.54, 1.807) is 22.7 Å². The largest absolute Gasteiger partial charge is 0.456 e. The maximum absolute atomic E-state index is 13.3. The van der Waals surface area contributed by atoms with Gasteiger partial charge in [0.05, 0.1) is 34.3 Å². The minimum atomic E-state index is -0.310. The standard InChI is InChI=1S/C22H27N7O3/c1-14-19(12-32-20(14)30)28-10-9-22(21(28)31)7-5-16(6-8-22)25-15(2)18-4-3-17(11-23-18)29-13-24-26-27-29/h3-4,11,13,15-16,25H,5-10,12H2,1-2H3/t15-,16-,22-/m0/s1. The zero-order valence-electron chi connectivity index (χ0n) is 18.3. The van der Waals surface area contributed by atoms with Crippen LogP contribution in [0.2, 0.25) is 0 Å². The van der Waals surface area contributed by atoms with Crippen LogP contribution >= 0.6 is 0 Å². The molecule has 1 amide bonds. The SMILES string of the molecule is CC1=C(N2CC[C@]3(CC[C@@H](N[C@@H](C)c4ccc(-n5cnnn5)cn4)CC3)C2=O)COC1=O. The highest BCUT2D eigenvalue weighted by molar-refractivity contribution is 5.94. The Balaban J connectivity index is 1.18. The minimum absolute atomic E-state index is 0.0993. The van der Waals surface area contributed by atoms with E-state index in [0.717, 1.165) is 49.2 Å². The Morgan fingerprint density at radius 1 is 1.22 bits per heavy atom. The van der Waals surface area contributed by atoms with Crippen molar-refractivity contribution in [2.75, 3.05) is 13.2 Å².